The number of fused-ring (bicyclic) bond motifs is 3. The second-order valence-electron chi connectivity index (χ2n) is 7.27. The minimum absolute atomic E-state index is 0.0461. The van der Waals surface area contributed by atoms with Crippen LogP contribution in [-0.2, 0) is 11.2 Å². The summed E-state index contributed by atoms with van der Waals surface area (Å²) in [6.07, 6.45) is 3.12. The summed E-state index contributed by atoms with van der Waals surface area (Å²) in [4.78, 5) is 16.9. The summed E-state index contributed by atoms with van der Waals surface area (Å²) in [7, 11) is 0. The highest BCUT2D eigenvalue weighted by Gasteiger charge is 2.21. The van der Waals surface area contributed by atoms with Crippen molar-refractivity contribution in [1.29, 1.82) is 0 Å². The SMILES string of the molecule is O=C(Nc1ccc2c(c1)Cc1ccccc1-2)c1cnc(O[C@H]2CCOC2)c(Cl)c1. The Morgan fingerprint density at radius 3 is 2.83 bits per heavy atom. The van der Waals surface area contributed by atoms with E-state index in [9.17, 15) is 4.79 Å². The number of hydrogen-bond donors (Lipinski definition) is 1. The molecule has 0 spiro atoms. The Hall–Kier alpha value is -2.89. The van der Waals surface area contributed by atoms with E-state index in [0.717, 1.165) is 18.5 Å². The van der Waals surface area contributed by atoms with Crippen LogP contribution in [0.2, 0.25) is 5.02 Å². The molecule has 1 saturated heterocycles. The lowest BCUT2D eigenvalue weighted by Gasteiger charge is -2.13. The first-order valence-electron chi connectivity index (χ1n) is 9.60. The van der Waals surface area contributed by atoms with Gasteiger partial charge in [-0.2, -0.15) is 0 Å². The first kappa shape index (κ1) is 18.2. The normalized spacial score (nSPS) is 16.9. The van der Waals surface area contributed by atoms with Gasteiger partial charge in [0.1, 0.15) is 11.1 Å². The molecular formula is C23H19ClN2O3. The zero-order chi connectivity index (χ0) is 19.8. The molecule has 29 heavy (non-hydrogen) atoms. The van der Waals surface area contributed by atoms with E-state index in [4.69, 9.17) is 21.1 Å². The molecule has 1 N–H and O–H groups in total. The number of halogens is 1. The number of nitrogens with one attached hydrogen (secondary N) is 1. The van der Waals surface area contributed by atoms with Crippen molar-refractivity contribution >= 4 is 23.2 Å². The smallest absolute Gasteiger partial charge is 0.257 e. The predicted molar refractivity (Wildman–Crippen MR) is 112 cm³/mol. The third-order valence-corrected chi connectivity index (χ3v) is 5.56. The predicted octanol–water partition coefficient (Wildman–Crippen LogP) is 4.73. The van der Waals surface area contributed by atoms with Crippen molar-refractivity contribution in [2.45, 2.75) is 18.9 Å². The first-order chi connectivity index (χ1) is 14.2. The minimum Gasteiger partial charge on any atom is -0.471 e. The van der Waals surface area contributed by atoms with Crippen LogP contribution >= 0.6 is 11.6 Å². The average Bonchev–Trinajstić information content (AvgIpc) is 3.36. The largest absolute Gasteiger partial charge is 0.471 e. The van der Waals surface area contributed by atoms with Crippen LogP contribution in [0.4, 0.5) is 5.69 Å². The molecule has 1 aliphatic carbocycles. The Morgan fingerprint density at radius 2 is 2.00 bits per heavy atom. The van der Waals surface area contributed by atoms with Crippen LogP contribution in [0.1, 0.15) is 27.9 Å². The molecule has 1 atom stereocenters. The van der Waals surface area contributed by atoms with Crippen LogP contribution in [0.5, 0.6) is 5.88 Å². The number of ether oxygens (including phenoxy) is 2. The fourth-order valence-corrected chi connectivity index (χ4v) is 4.04. The summed E-state index contributed by atoms with van der Waals surface area (Å²) in [6, 6.07) is 16.0. The molecule has 2 aliphatic rings. The molecule has 0 bridgehead atoms. The van der Waals surface area contributed by atoms with E-state index < -0.39 is 0 Å². The topological polar surface area (TPSA) is 60.5 Å². The summed E-state index contributed by atoms with van der Waals surface area (Å²) in [5.41, 5.74) is 6.14. The van der Waals surface area contributed by atoms with Crippen LogP contribution in [0.25, 0.3) is 11.1 Å². The number of amides is 1. The van der Waals surface area contributed by atoms with Gasteiger partial charge in [-0.1, -0.05) is 41.9 Å². The van der Waals surface area contributed by atoms with Crippen LogP contribution in [-0.4, -0.2) is 30.2 Å². The van der Waals surface area contributed by atoms with Crippen LogP contribution < -0.4 is 10.1 Å². The maximum Gasteiger partial charge on any atom is 0.257 e. The number of carbonyl (C=O) groups is 1. The van der Waals surface area contributed by atoms with E-state index >= 15 is 0 Å². The Kier molecular flexibility index (Phi) is 4.70. The number of benzene rings is 2. The van der Waals surface area contributed by atoms with Crippen molar-refractivity contribution in [2.24, 2.45) is 0 Å². The Balaban J connectivity index is 1.31. The third-order valence-electron chi connectivity index (χ3n) is 5.29. The lowest BCUT2D eigenvalue weighted by atomic mass is 10.1. The highest BCUT2D eigenvalue weighted by atomic mass is 35.5. The Labute approximate surface area is 173 Å². The third kappa shape index (κ3) is 3.59. The van der Waals surface area contributed by atoms with Gasteiger partial charge in [-0.3, -0.25) is 4.79 Å². The zero-order valence-corrected chi connectivity index (χ0v) is 16.4. The number of nitrogens with zero attached hydrogens (tertiary/aromatic N) is 1. The van der Waals surface area contributed by atoms with Crippen molar-refractivity contribution < 1.29 is 14.3 Å². The second kappa shape index (κ2) is 7.50. The fourth-order valence-electron chi connectivity index (χ4n) is 3.83. The average molecular weight is 407 g/mol. The molecular weight excluding hydrogens is 388 g/mol. The number of pyridine rings is 1. The quantitative estimate of drug-likeness (QED) is 0.532. The van der Waals surface area contributed by atoms with Gasteiger partial charge in [0.15, 0.2) is 0 Å². The molecule has 2 heterocycles. The van der Waals surface area contributed by atoms with Gasteiger partial charge in [-0.05, 0) is 46.9 Å². The van der Waals surface area contributed by atoms with Gasteiger partial charge < -0.3 is 14.8 Å². The summed E-state index contributed by atoms with van der Waals surface area (Å²) in [5.74, 6) is 0.0691. The molecule has 6 heteroatoms. The summed E-state index contributed by atoms with van der Waals surface area (Å²) in [5, 5.41) is 3.25. The van der Waals surface area contributed by atoms with Crippen molar-refractivity contribution in [3.05, 3.63) is 76.4 Å². The first-order valence-corrected chi connectivity index (χ1v) is 9.98. The van der Waals surface area contributed by atoms with Gasteiger partial charge in [-0.25, -0.2) is 4.98 Å². The van der Waals surface area contributed by atoms with E-state index in [1.165, 1.54) is 28.5 Å². The van der Waals surface area contributed by atoms with E-state index in [1.807, 2.05) is 18.2 Å². The van der Waals surface area contributed by atoms with Crippen LogP contribution in [0.15, 0.2) is 54.7 Å². The second-order valence-corrected chi connectivity index (χ2v) is 7.68. The maximum absolute atomic E-state index is 12.7. The van der Waals surface area contributed by atoms with E-state index in [-0.39, 0.29) is 12.0 Å². The molecule has 1 amide bonds. The Bertz CT molecular complexity index is 1090. The fraction of sp³-hybridized carbons (Fsp3) is 0.217. The summed E-state index contributed by atoms with van der Waals surface area (Å²) < 4.78 is 11.0. The highest BCUT2D eigenvalue weighted by molar-refractivity contribution is 6.32. The van der Waals surface area contributed by atoms with Gasteiger partial charge in [0, 0.05) is 18.3 Å². The Morgan fingerprint density at radius 1 is 1.14 bits per heavy atom. The highest BCUT2D eigenvalue weighted by Crippen LogP contribution is 2.37. The van der Waals surface area contributed by atoms with Gasteiger partial charge >= 0.3 is 0 Å². The molecule has 0 radical (unpaired) electrons. The van der Waals surface area contributed by atoms with Crippen LogP contribution in [0.3, 0.4) is 0 Å². The molecule has 0 saturated carbocycles. The van der Waals surface area contributed by atoms with Crippen molar-refractivity contribution in [3.63, 3.8) is 0 Å². The molecule has 5 nitrogen and oxygen atoms in total. The van der Waals surface area contributed by atoms with Crippen molar-refractivity contribution in [1.82, 2.24) is 4.98 Å². The molecule has 3 aromatic rings. The van der Waals surface area contributed by atoms with E-state index in [1.54, 1.807) is 6.07 Å². The number of anilines is 1. The zero-order valence-electron chi connectivity index (χ0n) is 15.7. The van der Waals surface area contributed by atoms with Crippen molar-refractivity contribution in [3.8, 4) is 17.0 Å². The van der Waals surface area contributed by atoms with E-state index in [2.05, 4.69) is 34.6 Å². The lowest BCUT2D eigenvalue weighted by Crippen LogP contribution is -2.17. The van der Waals surface area contributed by atoms with E-state index in [0.29, 0.717) is 29.7 Å². The summed E-state index contributed by atoms with van der Waals surface area (Å²) in [6.45, 7) is 1.21. The molecule has 1 fully saturated rings. The van der Waals surface area contributed by atoms with Gasteiger partial charge in [-0.15, -0.1) is 0 Å². The molecule has 146 valence electrons. The van der Waals surface area contributed by atoms with Crippen molar-refractivity contribution in [2.75, 3.05) is 18.5 Å². The van der Waals surface area contributed by atoms with Gasteiger partial charge in [0.2, 0.25) is 5.88 Å². The summed E-state index contributed by atoms with van der Waals surface area (Å²) >= 11 is 6.27. The monoisotopic (exact) mass is 406 g/mol. The molecule has 0 unspecified atom stereocenters. The maximum atomic E-state index is 12.7. The lowest BCUT2D eigenvalue weighted by molar-refractivity contribution is 0.102. The van der Waals surface area contributed by atoms with Gasteiger partial charge in [0.05, 0.1) is 18.8 Å². The number of aromatic nitrogens is 1. The van der Waals surface area contributed by atoms with Gasteiger partial charge in [0.25, 0.3) is 5.91 Å². The molecule has 1 aliphatic heterocycles. The number of rotatable bonds is 4. The molecule has 2 aromatic carbocycles. The molecule has 1 aromatic heterocycles. The number of carbonyl (C=O) groups excluding carboxylic acids is 1. The number of hydrogen-bond acceptors (Lipinski definition) is 4. The standard InChI is InChI=1S/C23H19ClN2O3/c24-21-11-16(12-25-23(21)29-18-7-8-28-13-18)22(27)26-17-5-6-20-15(10-17)9-14-3-1-2-4-19(14)20/h1-6,10-12,18H,7-9,13H2,(H,26,27)/t18-/m0/s1. The molecule has 5 rings (SSSR count). The minimum atomic E-state index is -0.259. The van der Waals surface area contributed by atoms with Crippen LogP contribution in [0, 0.1) is 0 Å².